The van der Waals surface area contributed by atoms with Crippen LogP contribution in [0, 0.1) is 11.6 Å². The maximum atomic E-state index is 14.9. The molecule has 5 rings (SSSR count). The highest BCUT2D eigenvalue weighted by atomic mass is 19.1. The third kappa shape index (κ3) is 4.01. The Bertz CT molecular complexity index is 1250. The van der Waals surface area contributed by atoms with Gasteiger partial charge in [0, 0.05) is 30.1 Å². The first-order valence-electron chi connectivity index (χ1n) is 11.1. The number of amides is 1. The molecule has 1 aromatic heterocycles. The molecule has 1 amide bonds. The van der Waals surface area contributed by atoms with Crippen LogP contribution in [-0.4, -0.2) is 41.6 Å². The van der Waals surface area contributed by atoms with E-state index in [4.69, 9.17) is 4.74 Å². The SMILES string of the molecule is CC(C)N1CCOc2c(F)cc(-c3nc(Cc4ccc5c(c4)C(=O)NCC5)ncc3F)cc21. The predicted molar refractivity (Wildman–Crippen MR) is 121 cm³/mol. The van der Waals surface area contributed by atoms with E-state index in [0.29, 0.717) is 48.8 Å². The first-order valence-corrected chi connectivity index (χ1v) is 11.1. The van der Waals surface area contributed by atoms with E-state index in [-0.39, 0.29) is 23.4 Å². The Morgan fingerprint density at radius 2 is 2.03 bits per heavy atom. The summed E-state index contributed by atoms with van der Waals surface area (Å²) in [5.41, 5.74) is 3.45. The fraction of sp³-hybridized carbons (Fsp3) is 0.320. The number of aromatic nitrogens is 2. The molecule has 0 atom stereocenters. The van der Waals surface area contributed by atoms with Crippen LogP contribution in [-0.2, 0) is 12.8 Å². The van der Waals surface area contributed by atoms with Crippen LogP contribution in [0.2, 0.25) is 0 Å². The summed E-state index contributed by atoms with van der Waals surface area (Å²) >= 11 is 0. The van der Waals surface area contributed by atoms with Crippen molar-refractivity contribution in [2.75, 3.05) is 24.6 Å². The van der Waals surface area contributed by atoms with Gasteiger partial charge in [0.1, 0.15) is 18.1 Å². The molecule has 6 nitrogen and oxygen atoms in total. The molecule has 33 heavy (non-hydrogen) atoms. The van der Waals surface area contributed by atoms with Crippen molar-refractivity contribution in [1.82, 2.24) is 15.3 Å². The van der Waals surface area contributed by atoms with Crippen molar-refractivity contribution >= 4 is 11.6 Å². The highest BCUT2D eigenvalue weighted by Gasteiger charge is 2.26. The van der Waals surface area contributed by atoms with E-state index < -0.39 is 11.6 Å². The van der Waals surface area contributed by atoms with Gasteiger partial charge in [-0.15, -0.1) is 0 Å². The number of hydrogen-bond acceptors (Lipinski definition) is 5. The second kappa shape index (κ2) is 8.42. The first kappa shape index (κ1) is 21.3. The number of ether oxygens (including phenoxy) is 1. The van der Waals surface area contributed by atoms with E-state index in [9.17, 15) is 13.6 Å². The van der Waals surface area contributed by atoms with Crippen LogP contribution >= 0.6 is 0 Å². The molecule has 2 aromatic carbocycles. The fourth-order valence-electron chi connectivity index (χ4n) is 4.42. The number of hydrogen-bond donors (Lipinski definition) is 1. The monoisotopic (exact) mass is 450 g/mol. The second-order valence-corrected chi connectivity index (χ2v) is 8.60. The summed E-state index contributed by atoms with van der Waals surface area (Å²) in [6.07, 6.45) is 2.22. The van der Waals surface area contributed by atoms with Gasteiger partial charge in [-0.05, 0) is 49.6 Å². The molecule has 3 heterocycles. The molecular formula is C25H24F2N4O2. The molecule has 0 bridgehead atoms. The number of carbonyl (C=O) groups excluding carboxylic acids is 1. The minimum atomic E-state index is -0.629. The minimum Gasteiger partial charge on any atom is -0.486 e. The van der Waals surface area contributed by atoms with Gasteiger partial charge in [0.15, 0.2) is 17.4 Å². The second-order valence-electron chi connectivity index (χ2n) is 8.60. The molecule has 0 saturated carbocycles. The molecule has 0 unspecified atom stereocenters. The van der Waals surface area contributed by atoms with Crippen molar-refractivity contribution < 1.29 is 18.3 Å². The topological polar surface area (TPSA) is 67.3 Å². The third-order valence-electron chi connectivity index (χ3n) is 6.06. The highest BCUT2D eigenvalue weighted by molar-refractivity contribution is 5.96. The van der Waals surface area contributed by atoms with E-state index >= 15 is 0 Å². The van der Waals surface area contributed by atoms with Gasteiger partial charge in [-0.3, -0.25) is 4.79 Å². The number of carbonyl (C=O) groups is 1. The Morgan fingerprint density at radius 1 is 1.18 bits per heavy atom. The number of nitrogens with zero attached hydrogens (tertiary/aromatic N) is 3. The summed E-state index contributed by atoms with van der Waals surface area (Å²) in [5, 5.41) is 2.84. The van der Waals surface area contributed by atoms with Crippen LogP contribution in [0.15, 0.2) is 36.5 Å². The lowest BCUT2D eigenvalue weighted by atomic mass is 9.97. The van der Waals surface area contributed by atoms with Crippen molar-refractivity contribution in [3.63, 3.8) is 0 Å². The van der Waals surface area contributed by atoms with Crippen LogP contribution < -0.4 is 15.0 Å². The average molecular weight is 450 g/mol. The Kier molecular flexibility index (Phi) is 5.44. The summed E-state index contributed by atoms with van der Waals surface area (Å²) in [5.74, 6) is -0.706. The van der Waals surface area contributed by atoms with Crippen LogP contribution in [0.5, 0.6) is 5.75 Å². The fourth-order valence-corrected chi connectivity index (χ4v) is 4.42. The standard InChI is InChI=1S/C25H24F2N4O2/c1-14(2)31-7-8-33-24-19(26)11-17(12-21(24)31)23-20(27)13-29-22(30-23)10-15-3-4-16-5-6-28-25(32)18(16)9-15/h3-4,9,11-14H,5-8,10H2,1-2H3,(H,28,32). The largest absolute Gasteiger partial charge is 0.486 e. The molecule has 2 aliphatic rings. The zero-order chi connectivity index (χ0) is 23.1. The molecule has 0 saturated heterocycles. The zero-order valence-corrected chi connectivity index (χ0v) is 18.5. The van der Waals surface area contributed by atoms with E-state index in [1.165, 1.54) is 6.07 Å². The van der Waals surface area contributed by atoms with Gasteiger partial charge < -0.3 is 15.0 Å². The number of fused-ring (bicyclic) bond motifs is 2. The van der Waals surface area contributed by atoms with Crippen molar-refractivity contribution in [2.45, 2.75) is 32.7 Å². The van der Waals surface area contributed by atoms with Gasteiger partial charge >= 0.3 is 0 Å². The Hall–Kier alpha value is -3.55. The number of benzene rings is 2. The van der Waals surface area contributed by atoms with Gasteiger partial charge in [-0.1, -0.05) is 12.1 Å². The molecule has 8 heteroatoms. The smallest absolute Gasteiger partial charge is 0.251 e. The van der Waals surface area contributed by atoms with Gasteiger partial charge in [0.25, 0.3) is 5.91 Å². The summed E-state index contributed by atoms with van der Waals surface area (Å²) in [4.78, 5) is 22.7. The third-order valence-corrected chi connectivity index (χ3v) is 6.06. The van der Waals surface area contributed by atoms with Crippen molar-refractivity contribution in [3.05, 3.63) is 70.7 Å². The molecule has 0 spiro atoms. The number of nitrogens with one attached hydrogen (secondary N) is 1. The average Bonchev–Trinajstić information content (AvgIpc) is 2.80. The lowest BCUT2D eigenvalue weighted by Gasteiger charge is -2.34. The van der Waals surface area contributed by atoms with Crippen LogP contribution in [0.3, 0.4) is 0 Å². The Morgan fingerprint density at radius 3 is 2.85 bits per heavy atom. The number of rotatable bonds is 4. The maximum Gasteiger partial charge on any atom is 0.251 e. The molecule has 2 aliphatic heterocycles. The van der Waals surface area contributed by atoms with Crippen molar-refractivity contribution in [1.29, 1.82) is 0 Å². The van der Waals surface area contributed by atoms with Gasteiger partial charge in [0.05, 0.1) is 18.4 Å². The number of halogens is 2. The minimum absolute atomic E-state index is 0.0340. The zero-order valence-electron chi connectivity index (χ0n) is 18.5. The van der Waals surface area contributed by atoms with E-state index in [0.717, 1.165) is 23.7 Å². The molecular weight excluding hydrogens is 426 g/mol. The van der Waals surface area contributed by atoms with Gasteiger partial charge in [-0.2, -0.15) is 0 Å². The Balaban J connectivity index is 1.50. The molecule has 0 fully saturated rings. The molecule has 3 aromatic rings. The van der Waals surface area contributed by atoms with Crippen LogP contribution in [0.1, 0.15) is 41.2 Å². The lowest BCUT2D eigenvalue weighted by molar-refractivity contribution is 0.0946. The summed E-state index contributed by atoms with van der Waals surface area (Å²) in [6, 6.07) is 8.80. The van der Waals surface area contributed by atoms with Crippen molar-refractivity contribution in [3.8, 4) is 17.0 Å². The normalized spacial score (nSPS) is 15.1. The summed E-state index contributed by atoms with van der Waals surface area (Å²) < 4.78 is 35.2. The van der Waals surface area contributed by atoms with Crippen LogP contribution in [0.25, 0.3) is 11.3 Å². The lowest BCUT2D eigenvalue weighted by Crippen LogP contribution is -2.38. The molecule has 1 N–H and O–H groups in total. The summed E-state index contributed by atoms with van der Waals surface area (Å²) in [7, 11) is 0. The van der Waals surface area contributed by atoms with E-state index in [1.54, 1.807) is 6.07 Å². The van der Waals surface area contributed by atoms with Crippen LogP contribution in [0.4, 0.5) is 14.5 Å². The molecule has 0 aliphatic carbocycles. The molecule has 0 radical (unpaired) electrons. The van der Waals surface area contributed by atoms with Crippen molar-refractivity contribution in [2.24, 2.45) is 0 Å². The van der Waals surface area contributed by atoms with E-state index in [2.05, 4.69) is 15.3 Å². The maximum absolute atomic E-state index is 14.9. The molecule has 170 valence electrons. The number of anilines is 1. The quantitative estimate of drug-likeness (QED) is 0.653. The summed E-state index contributed by atoms with van der Waals surface area (Å²) in [6.45, 7) is 5.68. The predicted octanol–water partition coefficient (Wildman–Crippen LogP) is 3.91. The Labute approximate surface area is 190 Å². The van der Waals surface area contributed by atoms with E-state index in [1.807, 2.05) is 36.9 Å². The van der Waals surface area contributed by atoms with Gasteiger partial charge in [0.2, 0.25) is 0 Å². The highest BCUT2D eigenvalue weighted by Crippen LogP contribution is 2.39. The first-order chi connectivity index (χ1) is 15.9. The van der Waals surface area contributed by atoms with Gasteiger partial charge in [-0.25, -0.2) is 18.7 Å².